The van der Waals surface area contributed by atoms with Gasteiger partial charge in [0.05, 0.1) is 12.6 Å². The number of fused-ring (bicyclic) bond motifs is 1. The number of hydrogen-bond acceptors (Lipinski definition) is 10. The maximum absolute atomic E-state index is 14.4. The Morgan fingerprint density at radius 3 is 2.22 bits per heavy atom. The number of rotatable bonds is 13. The highest BCUT2D eigenvalue weighted by molar-refractivity contribution is 7.99. The fourth-order valence-electron chi connectivity index (χ4n) is 7.93. The second-order valence-electron chi connectivity index (χ2n) is 16.9. The average molecular weight is 829 g/mol. The Hall–Kier alpha value is -4.57. The molecule has 11 nitrogen and oxygen atoms in total. The first-order valence-electron chi connectivity index (χ1n) is 19.7. The van der Waals surface area contributed by atoms with Crippen LogP contribution in [0.25, 0.3) is 11.2 Å². The summed E-state index contributed by atoms with van der Waals surface area (Å²) in [6, 6.07) is 23.4. The topological polar surface area (TPSA) is 122 Å². The van der Waals surface area contributed by atoms with Gasteiger partial charge in [-0.25, -0.2) is 28.2 Å². The van der Waals surface area contributed by atoms with Crippen LogP contribution in [-0.4, -0.2) is 81.9 Å². The number of aldehydes is 1. The van der Waals surface area contributed by atoms with Crippen LogP contribution in [0.1, 0.15) is 85.3 Å². The summed E-state index contributed by atoms with van der Waals surface area (Å²) in [6.07, 6.45) is 0.390. The molecule has 5 atom stereocenters. The molecule has 3 aromatic carbocycles. The standard InChI is InChI=1S/C43H50F2N6O5SSi/c1-8-21-57-40-46-38(50(41(53)56-42(2,3)4)34-24-31(34)27-19-20-32(44)33(45)22-27)37-39(47-40)51(49-48-37)35-23-28(25-52)55-36(35)26-54-58(43(5,6)7,29-15-11-9-12-16-29)30-17-13-10-14-18-30/h9-20,22,25,28,31,34-36H,8,21,23-24,26H2,1-7H3/t28-,31+,34-,35-,36+/m1/s1. The predicted octanol–water partition coefficient (Wildman–Crippen LogP) is 7.77. The Bertz CT molecular complexity index is 2210. The molecule has 0 N–H and O–H groups in total. The highest BCUT2D eigenvalue weighted by Crippen LogP contribution is 2.48. The van der Waals surface area contributed by atoms with Crippen LogP contribution >= 0.6 is 11.8 Å². The Morgan fingerprint density at radius 1 is 0.966 bits per heavy atom. The van der Waals surface area contributed by atoms with E-state index in [2.05, 4.69) is 55.3 Å². The second-order valence-corrected chi connectivity index (χ2v) is 22.3. The van der Waals surface area contributed by atoms with Crippen molar-refractivity contribution in [1.29, 1.82) is 0 Å². The van der Waals surface area contributed by atoms with Crippen LogP contribution in [0.2, 0.25) is 5.04 Å². The molecular formula is C43H50F2N6O5SSi. The summed E-state index contributed by atoms with van der Waals surface area (Å²) in [5.41, 5.74) is 0.314. The number of thioether (sulfide) groups is 1. The van der Waals surface area contributed by atoms with Crippen LogP contribution in [0.5, 0.6) is 0 Å². The molecule has 1 aliphatic carbocycles. The van der Waals surface area contributed by atoms with E-state index in [9.17, 15) is 18.4 Å². The molecule has 0 unspecified atom stereocenters. The van der Waals surface area contributed by atoms with Crippen molar-refractivity contribution in [3.63, 3.8) is 0 Å². The van der Waals surface area contributed by atoms with Crippen molar-refractivity contribution in [3.05, 3.63) is 96.1 Å². The summed E-state index contributed by atoms with van der Waals surface area (Å²) >= 11 is 1.43. The second kappa shape index (κ2) is 16.6. The number of ether oxygens (including phenoxy) is 2. The molecule has 5 aromatic rings. The van der Waals surface area contributed by atoms with Crippen LogP contribution < -0.4 is 15.3 Å². The number of halogens is 2. The third-order valence-corrected chi connectivity index (χ3v) is 16.7. The first-order chi connectivity index (χ1) is 27.6. The van der Waals surface area contributed by atoms with Crippen molar-refractivity contribution in [2.45, 2.75) is 114 Å². The van der Waals surface area contributed by atoms with E-state index < -0.39 is 55.9 Å². The van der Waals surface area contributed by atoms with Gasteiger partial charge in [0, 0.05) is 24.1 Å². The van der Waals surface area contributed by atoms with Gasteiger partial charge in [0.1, 0.15) is 24.1 Å². The highest BCUT2D eigenvalue weighted by atomic mass is 32.2. The van der Waals surface area contributed by atoms with Gasteiger partial charge in [0.15, 0.2) is 33.8 Å². The van der Waals surface area contributed by atoms with Crippen LogP contribution in [0, 0.1) is 11.6 Å². The lowest BCUT2D eigenvalue weighted by molar-refractivity contribution is -0.118. The minimum atomic E-state index is -2.99. The molecule has 1 amide bonds. The number of hydrogen-bond donors (Lipinski definition) is 0. The van der Waals surface area contributed by atoms with Crippen molar-refractivity contribution in [3.8, 4) is 0 Å². The lowest BCUT2D eigenvalue weighted by Crippen LogP contribution is -2.67. The number of benzene rings is 3. The van der Waals surface area contributed by atoms with E-state index in [1.165, 1.54) is 28.8 Å². The molecular weight excluding hydrogens is 779 g/mol. The first-order valence-corrected chi connectivity index (χ1v) is 22.6. The molecule has 1 saturated heterocycles. The molecule has 2 fully saturated rings. The summed E-state index contributed by atoms with van der Waals surface area (Å²) < 4.78 is 49.6. The maximum Gasteiger partial charge on any atom is 0.416 e. The van der Waals surface area contributed by atoms with E-state index in [1.54, 1.807) is 25.5 Å². The molecule has 0 spiro atoms. The summed E-state index contributed by atoms with van der Waals surface area (Å²) in [5.74, 6) is -1.31. The minimum absolute atomic E-state index is 0.154. The van der Waals surface area contributed by atoms with Gasteiger partial charge < -0.3 is 18.7 Å². The number of nitrogens with zero attached hydrogens (tertiary/aromatic N) is 6. The van der Waals surface area contributed by atoms with Crippen molar-refractivity contribution < 1.29 is 32.3 Å². The van der Waals surface area contributed by atoms with Crippen molar-refractivity contribution in [2.75, 3.05) is 17.3 Å². The molecule has 7 rings (SSSR count). The third-order valence-electron chi connectivity index (χ3n) is 10.6. The van der Waals surface area contributed by atoms with E-state index in [-0.39, 0.29) is 28.9 Å². The Kier molecular flexibility index (Phi) is 11.9. The molecule has 306 valence electrons. The Balaban J connectivity index is 1.31. The van der Waals surface area contributed by atoms with Gasteiger partial charge in [-0.15, -0.1) is 5.10 Å². The number of amides is 1. The Morgan fingerprint density at radius 2 is 1.64 bits per heavy atom. The van der Waals surface area contributed by atoms with Crippen molar-refractivity contribution in [2.24, 2.45) is 0 Å². The Labute approximate surface area is 343 Å². The normalized spacial score (nSPS) is 20.9. The summed E-state index contributed by atoms with van der Waals surface area (Å²) in [6.45, 7) is 14.1. The number of aromatic nitrogens is 5. The van der Waals surface area contributed by atoms with Gasteiger partial charge in [-0.3, -0.25) is 4.90 Å². The molecule has 1 saturated carbocycles. The van der Waals surface area contributed by atoms with Gasteiger partial charge in [-0.05, 0) is 66.7 Å². The molecule has 58 heavy (non-hydrogen) atoms. The summed E-state index contributed by atoms with van der Waals surface area (Å²) in [4.78, 5) is 37.8. The van der Waals surface area contributed by atoms with E-state index in [1.807, 2.05) is 43.3 Å². The van der Waals surface area contributed by atoms with Gasteiger partial charge in [-0.1, -0.05) is 111 Å². The van der Waals surface area contributed by atoms with E-state index in [0.29, 0.717) is 35.0 Å². The first kappa shape index (κ1) is 41.6. The highest BCUT2D eigenvalue weighted by Gasteiger charge is 2.52. The quantitative estimate of drug-likeness (QED) is 0.0504. The van der Waals surface area contributed by atoms with Gasteiger partial charge >= 0.3 is 6.09 Å². The lowest BCUT2D eigenvalue weighted by Gasteiger charge is -2.43. The van der Waals surface area contributed by atoms with Crippen molar-refractivity contribution in [1.82, 2.24) is 25.0 Å². The molecule has 15 heteroatoms. The SMILES string of the molecule is CCCSc1nc(N(C(=O)OC(C)(C)C)[C@@H]2C[C@H]2c2ccc(F)c(F)c2)c2nnn([C@@H]3C[C@H](C=O)O[C@H]3CO[Si](c3ccccc3)(c3ccccc3)C(C)(C)C)c2n1. The molecule has 2 aromatic heterocycles. The zero-order valence-electron chi connectivity index (χ0n) is 33.9. The van der Waals surface area contributed by atoms with Crippen LogP contribution in [0.4, 0.5) is 19.4 Å². The molecule has 1 aliphatic heterocycles. The van der Waals surface area contributed by atoms with E-state index in [0.717, 1.165) is 29.1 Å². The van der Waals surface area contributed by atoms with Crippen LogP contribution in [0.3, 0.4) is 0 Å². The van der Waals surface area contributed by atoms with Gasteiger partial charge in [0.2, 0.25) is 0 Å². The zero-order valence-corrected chi connectivity index (χ0v) is 35.7. The number of carbonyl (C=O) groups is 2. The largest absolute Gasteiger partial charge is 0.443 e. The molecule has 2 aliphatic rings. The monoisotopic (exact) mass is 828 g/mol. The average Bonchev–Trinajstić information content (AvgIpc) is 3.66. The van der Waals surface area contributed by atoms with Crippen molar-refractivity contribution >= 4 is 59.8 Å². The summed E-state index contributed by atoms with van der Waals surface area (Å²) in [7, 11) is -2.99. The van der Waals surface area contributed by atoms with Gasteiger partial charge in [-0.2, -0.15) is 0 Å². The van der Waals surface area contributed by atoms with E-state index in [4.69, 9.17) is 23.9 Å². The zero-order chi connectivity index (χ0) is 41.4. The van der Waals surface area contributed by atoms with Crippen LogP contribution in [-0.2, 0) is 18.7 Å². The molecule has 0 radical (unpaired) electrons. The molecule has 0 bridgehead atoms. The lowest BCUT2D eigenvalue weighted by atomic mass is 10.1. The number of anilines is 1. The molecule has 3 heterocycles. The minimum Gasteiger partial charge on any atom is -0.443 e. The smallest absolute Gasteiger partial charge is 0.416 e. The third kappa shape index (κ3) is 8.31. The maximum atomic E-state index is 14.4. The fourth-order valence-corrected chi connectivity index (χ4v) is 13.2. The fraction of sp³-hybridized carbons (Fsp3) is 0.442. The summed E-state index contributed by atoms with van der Waals surface area (Å²) in [5, 5.41) is 11.5. The van der Waals surface area contributed by atoms with E-state index >= 15 is 0 Å². The number of carbonyl (C=O) groups excluding carboxylic acids is 2. The van der Waals surface area contributed by atoms with Crippen LogP contribution in [0.15, 0.2) is 84.0 Å². The predicted molar refractivity (Wildman–Crippen MR) is 222 cm³/mol. The van der Waals surface area contributed by atoms with Gasteiger partial charge in [0.25, 0.3) is 8.32 Å².